The molecule has 2 aliphatic rings. The summed E-state index contributed by atoms with van der Waals surface area (Å²) < 4.78 is 5.19. The minimum atomic E-state index is -0.637. The van der Waals surface area contributed by atoms with Crippen molar-refractivity contribution in [2.45, 2.75) is 44.2 Å². The van der Waals surface area contributed by atoms with Gasteiger partial charge in [0, 0.05) is 12.6 Å². The second kappa shape index (κ2) is 6.04. The summed E-state index contributed by atoms with van der Waals surface area (Å²) in [6.45, 7) is 1.08. The number of morpholine rings is 1. The zero-order valence-corrected chi connectivity index (χ0v) is 10.6. The number of carbonyl (C=O) groups is 2. The first-order valence-electron chi connectivity index (χ1n) is 6.62. The van der Waals surface area contributed by atoms with Gasteiger partial charge in [-0.25, -0.2) is 4.79 Å². The van der Waals surface area contributed by atoms with Gasteiger partial charge >= 0.3 is 6.03 Å². The van der Waals surface area contributed by atoms with E-state index in [0.29, 0.717) is 13.2 Å². The molecule has 1 saturated heterocycles. The highest BCUT2D eigenvalue weighted by Gasteiger charge is 2.32. The van der Waals surface area contributed by atoms with Crippen LogP contribution in [0.15, 0.2) is 0 Å². The van der Waals surface area contributed by atoms with Crippen LogP contribution in [-0.2, 0) is 9.53 Å². The number of urea groups is 1. The average molecular weight is 255 g/mol. The fraction of sp³-hybridized carbons (Fsp3) is 0.833. The van der Waals surface area contributed by atoms with Crippen molar-refractivity contribution in [3.05, 3.63) is 0 Å². The molecule has 0 bridgehead atoms. The van der Waals surface area contributed by atoms with Gasteiger partial charge in [0.1, 0.15) is 6.04 Å². The minimum Gasteiger partial charge on any atom is -0.377 e. The summed E-state index contributed by atoms with van der Waals surface area (Å²) in [6, 6.07) is -0.584. The number of nitrogens with two attached hydrogens (primary N) is 1. The van der Waals surface area contributed by atoms with Crippen molar-refractivity contribution < 1.29 is 14.3 Å². The minimum absolute atomic E-state index is 0.186. The molecule has 6 nitrogen and oxygen atoms in total. The number of primary amides is 1. The first-order valence-corrected chi connectivity index (χ1v) is 6.62. The summed E-state index contributed by atoms with van der Waals surface area (Å²) in [5, 5.41) is 3.00. The largest absolute Gasteiger partial charge is 0.377 e. The number of rotatable bonds is 2. The van der Waals surface area contributed by atoms with Crippen molar-refractivity contribution in [2.24, 2.45) is 5.73 Å². The summed E-state index contributed by atoms with van der Waals surface area (Å²) >= 11 is 0. The summed E-state index contributed by atoms with van der Waals surface area (Å²) in [5.41, 5.74) is 5.29. The second-order valence-corrected chi connectivity index (χ2v) is 4.97. The van der Waals surface area contributed by atoms with Gasteiger partial charge in [0.15, 0.2) is 0 Å². The van der Waals surface area contributed by atoms with Gasteiger partial charge < -0.3 is 20.7 Å². The molecular formula is C12H21N3O3. The number of ether oxygens (including phenoxy) is 1. The van der Waals surface area contributed by atoms with E-state index in [4.69, 9.17) is 10.5 Å². The van der Waals surface area contributed by atoms with Gasteiger partial charge in [-0.1, -0.05) is 19.3 Å². The van der Waals surface area contributed by atoms with Gasteiger partial charge in [-0.2, -0.15) is 0 Å². The average Bonchev–Trinajstić information content (AvgIpc) is 2.40. The molecule has 2 rings (SSSR count). The zero-order valence-electron chi connectivity index (χ0n) is 10.6. The maximum Gasteiger partial charge on any atom is 0.318 e. The predicted molar refractivity (Wildman–Crippen MR) is 65.9 cm³/mol. The molecule has 0 radical (unpaired) electrons. The van der Waals surface area contributed by atoms with Gasteiger partial charge in [-0.05, 0) is 12.8 Å². The standard InChI is InChI=1S/C12H21N3O3/c13-11(16)10-8-18-7-6-15(10)12(17)14-9-4-2-1-3-5-9/h9-10H,1-8H2,(H2,13,16)(H,14,17). The van der Waals surface area contributed by atoms with Crippen LogP contribution >= 0.6 is 0 Å². The Morgan fingerprint density at radius 1 is 1.22 bits per heavy atom. The van der Waals surface area contributed by atoms with Gasteiger partial charge in [0.05, 0.1) is 13.2 Å². The lowest BCUT2D eigenvalue weighted by Gasteiger charge is -2.35. The lowest BCUT2D eigenvalue weighted by atomic mass is 9.96. The molecule has 2 fully saturated rings. The molecule has 3 amide bonds. The molecule has 1 saturated carbocycles. The third-order valence-corrected chi connectivity index (χ3v) is 3.65. The third-order valence-electron chi connectivity index (χ3n) is 3.65. The van der Waals surface area contributed by atoms with Crippen LogP contribution in [0.1, 0.15) is 32.1 Å². The number of amides is 3. The van der Waals surface area contributed by atoms with Crippen LogP contribution in [0.4, 0.5) is 4.79 Å². The number of nitrogens with one attached hydrogen (secondary N) is 1. The quantitative estimate of drug-likeness (QED) is 0.740. The monoisotopic (exact) mass is 255 g/mol. The highest BCUT2D eigenvalue weighted by molar-refractivity contribution is 5.86. The zero-order chi connectivity index (χ0) is 13.0. The van der Waals surface area contributed by atoms with Crippen molar-refractivity contribution in [3.8, 4) is 0 Å². The Labute approximate surface area is 107 Å². The van der Waals surface area contributed by atoms with E-state index in [1.54, 1.807) is 0 Å². The molecule has 1 unspecified atom stereocenters. The van der Waals surface area contributed by atoms with Gasteiger partial charge in [0.2, 0.25) is 5.91 Å². The lowest BCUT2D eigenvalue weighted by molar-refractivity contribution is -0.127. The molecule has 0 aromatic heterocycles. The molecule has 1 aliphatic heterocycles. The molecular weight excluding hydrogens is 234 g/mol. The maximum atomic E-state index is 12.1. The maximum absolute atomic E-state index is 12.1. The third kappa shape index (κ3) is 3.13. The van der Waals surface area contributed by atoms with Crippen LogP contribution in [-0.4, -0.2) is 48.7 Å². The summed E-state index contributed by atoms with van der Waals surface area (Å²) in [7, 11) is 0. The normalized spacial score (nSPS) is 25.8. The van der Waals surface area contributed by atoms with Crippen molar-refractivity contribution in [3.63, 3.8) is 0 Å². The Balaban J connectivity index is 1.91. The Bertz CT molecular complexity index is 316. The fourth-order valence-corrected chi connectivity index (χ4v) is 2.59. The van der Waals surface area contributed by atoms with E-state index in [1.165, 1.54) is 11.3 Å². The number of carbonyl (C=O) groups excluding carboxylic acids is 2. The lowest BCUT2D eigenvalue weighted by Crippen LogP contribution is -2.58. The van der Waals surface area contributed by atoms with Crippen LogP contribution < -0.4 is 11.1 Å². The first-order chi connectivity index (χ1) is 8.68. The predicted octanol–water partition coefficient (Wildman–Crippen LogP) is 0.215. The molecule has 3 N–H and O–H groups in total. The summed E-state index contributed by atoms with van der Waals surface area (Å²) in [4.78, 5) is 24.9. The van der Waals surface area contributed by atoms with Crippen LogP contribution in [0.5, 0.6) is 0 Å². The Morgan fingerprint density at radius 3 is 2.61 bits per heavy atom. The van der Waals surface area contributed by atoms with Crippen molar-refractivity contribution in [1.82, 2.24) is 10.2 Å². The Morgan fingerprint density at radius 2 is 1.94 bits per heavy atom. The van der Waals surface area contributed by atoms with Gasteiger partial charge in [0.25, 0.3) is 0 Å². The molecule has 0 aromatic carbocycles. The Kier molecular flexibility index (Phi) is 4.41. The van der Waals surface area contributed by atoms with E-state index in [-0.39, 0.29) is 18.7 Å². The van der Waals surface area contributed by atoms with Crippen LogP contribution in [0.25, 0.3) is 0 Å². The van der Waals surface area contributed by atoms with Crippen LogP contribution in [0, 0.1) is 0 Å². The van der Waals surface area contributed by atoms with E-state index < -0.39 is 11.9 Å². The van der Waals surface area contributed by atoms with E-state index in [0.717, 1.165) is 25.7 Å². The smallest absolute Gasteiger partial charge is 0.318 e. The van der Waals surface area contributed by atoms with Crippen molar-refractivity contribution in [1.29, 1.82) is 0 Å². The highest BCUT2D eigenvalue weighted by Crippen LogP contribution is 2.18. The van der Waals surface area contributed by atoms with Gasteiger partial charge in [-0.15, -0.1) is 0 Å². The molecule has 0 aromatic rings. The van der Waals surface area contributed by atoms with Crippen LogP contribution in [0.3, 0.4) is 0 Å². The highest BCUT2D eigenvalue weighted by atomic mass is 16.5. The number of nitrogens with zero attached hydrogens (tertiary/aromatic N) is 1. The molecule has 0 spiro atoms. The molecule has 6 heteroatoms. The molecule has 1 atom stereocenters. The first kappa shape index (κ1) is 13.1. The van der Waals surface area contributed by atoms with Crippen LogP contribution in [0.2, 0.25) is 0 Å². The molecule has 1 heterocycles. The van der Waals surface area contributed by atoms with Gasteiger partial charge in [-0.3, -0.25) is 4.79 Å². The molecule has 102 valence electrons. The Hall–Kier alpha value is -1.30. The number of hydrogen-bond donors (Lipinski definition) is 2. The van der Waals surface area contributed by atoms with Crippen molar-refractivity contribution >= 4 is 11.9 Å². The van der Waals surface area contributed by atoms with E-state index in [2.05, 4.69) is 5.32 Å². The SMILES string of the molecule is NC(=O)C1COCCN1C(=O)NC1CCCCC1. The van der Waals surface area contributed by atoms with E-state index in [9.17, 15) is 9.59 Å². The summed E-state index contributed by atoms with van der Waals surface area (Å²) in [6.07, 6.45) is 5.61. The summed E-state index contributed by atoms with van der Waals surface area (Å²) in [5.74, 6) is -0.506. The number of hydrogen-bond acceptors (Lipinski definition) is 3. The van der Waals surface area contributed by atoms with E-state index >= 15 is 0 Å². The van der Waals surface area contributed by atoms with E-state index in [1.807, 2.05) is 0 Å². The van der Waals surface area contributed by atoms with Crippen molar-refractivity contribution in [2.75, 3.05) is 19.8 Å². The molecule has 1 aliphatic carbocycles. The second-order valence-electron chi connectivity index (χ2n) is 4.97. The fourth-order valence-electron chi connectivity index (χ4n) is 2.59. The topological polar surface area (TPSA) is 84.7 Å². The molecule has 18 heavy (non-hydrogen) atoms.